The number of carbonyl (C=O) groups is 1. The highest BCUT2D eigenvalue weighted by Gasteiger charge is 2.13. The molecule has 0 bridgehead atoms. The van der Waals surface area contributed by atoms with Crippen LogP contribution in [-0.4, -0.2) is 19.0 Å². The van der Waals surface area contributed by atoms with Gasteiger partial charge < -0.3 is 10.6 Å². The van der Waals surface area contributed by atoms with E-state index in [0.717, 1.165) is 18.7 Å². The number of rotatable bonds is 7. The van der Waals surface area contributed by atoms with Crippen LogP contribution < -0.4 is 10.6 Å². The first-order valence-corrected chi connectivity index (χ1v) is 7.54. The molecule has 0 aromatic heterocycles. The number of hydrogen-bond donors (Lipinski definition) is 2. The Balaban J connectivity index is 2.35. The highest BCUT2D eigenvalue weighted by Crippen LogP contribution is 2.23. The molecule has 0 saturated heterocycles. The molecule has 0 fully saturated rings. The third kappa shape index (κ3) is 6.20. The molecule has 0 radical (unpaired) electrons. The van der Waals surface area contributed by atoms with E-state index in [1.165, 1.54) is 18.4 Å². The van der Waals surface area contributed by atoms with Crippen LogP contribution in [0.25, 0.3) is 0 Å². The SMILES string of the molecule is CCCCCNCC(=O)Nc1ccc(C(C)(C)C)cc1. The zero-order chi connectivity index (χ0) is 15.0. The summed E-state index contributed by atoms with van der Waals surface area (Å²) in [7, 11) is 0. The Bertz CT molecular complexity index is 404. The topological polar surface area (TPSA) is 41.1 Å². The van der Waals surface area contributed by atoms with Crippen molar-refractivity contribution in [1.82, 2.24) is 5.32 Å². The van der Waals surface area contributed by atoms with Gasteiger partial charge in [0.05, 0.1) is 6.54 Å². The number of unbranched alkanes of at least 4 members (excludes halogenated alkanes) is 2. The summed E-state index contributed by atoms with van der Waals surface area (Å²) in [6.45, 7) is 10.0. The largest absolute Gasteiger partial charge is 0.325 e. The molecule has 0 aliphatic heterocycles. The van der Waals surface area contributed by atoms with E-state index in [-0.39, 0.29) is 11.3 Å². The fourth-order valence-corrected chi connectivity index (χ4v) is 1.96. The molecule has 112 valence electrons. The van der Waals surface area contributed by atoms with Gasteiger partial charge in [-0.2, -0.15) is 0 Å². The number of carbonyl (C=O) groups excluding carboxylic acids is 1. The minimum absolute atomic E-state index is 0.0185. The van der Waals surface area contributed by atoms with Gasteiger partial charge in [0, 0.05) is 5.69 Å². The van der Waals surface area contributed by atoms with Crippen LogP contribution in [0.3, 0.4) is 0 Å². The van der Waals surface area contributed by atoms with Crippen LogP contribution in [0.1, 0.15) is 52.5 Å². The Kier molecular flexibility index (Phi) is 6.73. The van der Waals surface area contributed by atoms with Crippen LogP contribution >= 0.6 is 0 Å². The highest BCUT2D eigenvalue weighted by atomic mass is 16.1. The summed E-state index contributed by atoms with van der Waals surface area (Å²) in [4.78, 5) is 11.8. The lowest BCUT2D eigenvalue weighted by Gasteiger charge is -2.19. The second-order valence-electron chi connectivity index (χ2n) is 6.26. The van der Waals surface area contributed by atoms with Crippen LogP contribution in [-0.2, 0) is 10.2 Å². The summed E-state index contributed by atoms with van der Waals surface area (Å²) >= 11 is 0. The predicted molar refractivity (Wildman–Crippen MR) is 86.2 cm³/mol. The van der Waals surface area contributed by atoms with Crippen molar-refractivity contribution < 1.29 is 4.79 Å². The first kappa shape index (κ1) is 16.7. The van der Waals surface area contributed by atoms with E-state index in [1.54, 1.807) is 0 Å². The molecule has 0 unspecified atom stereocenters. The fraction of sp³-hybridized carbons (Fsp3) is 0.588. The maximum Gasteiger partial charge on any atom is 0.238 e. The monoisotopic (exact) mass is 276 g/mol. The zero-order valence-electron chi connectivity index (χ0n) is 13.3. The van der Waals surface area contributed by atoms with Crippen molar-refractivity contribution in [2.75, 3.05) is 18.4 Å². The third-order valence-corrected chi connectivity index (χ3v) is 3.28. The third-order valence-electron chi connectivity index (χ3n) is 3.28. The van der Waals surface area contributed by atoms with Crippen molar-refractivity contribution in [2.24, 2.45) is 0 Å². The number of hydrogen-bond acceptors (Lipinski definition) is 2. The highest BCUT2D eigenvalue weighted by molar-refractivity contribution is 5.92. The van der Waals surface area contributed by atoms with Crippen molar-refractivity contribution in [2.45, 2.75) is 52.4 Å². The van der Waals surface area contributed by atoms with Gasteiger partial charge in [0.1, 0.15) is 0 Å². The summed E-state index contributed by atoms with van der Waals surface area (Å²) in [6.07, 6.45) is 3.54. The molecule has 0 aliphatic carbocycles. The first-order chi connectivity index (χ1) is 9.43. The van der Waals surface area contributed by atoms with Gasteiger partial charge in [-0.3, -0.25) is 4.79 Å². The minimum atomic E-state index is 0.0185. The van der Waals surface area contributed by atoms with Crippen LogP contribution in [0.5, 0.6) is 0 Å². The lowest BCUT2D eigenvalue weighted by molar-refractivity contribution is -0.115. The van der Waals surface area contributed by atoms with Crippen LogP contribution in [0.2, 0.25) is 0 Å². The molecule has 1 aromatic carbocycles. The quantitative estimate of drug-likeness (QED) is 0.746. The molecule has 1 rings (SSSR count). The van der Waals surface area contributed by atoms with Gasteiger partial charge in [-0.1, -0.05) is 52.7 Å². The molecule has 1 aromatic rings. The minimum Gasteiger partial charge on any atom is -0.325 e. The van der Waals surface area contributed by atoms with Crippen molar-refractivity contribution in [3.05, 3.63) is 29.8 Å². The molecule has 0 spiro atoms. The molecule has 0 heterocycles. The Hall–Kier alpha value is -1.35. The summed E-state index contributed by atoms with van der Waals surface area (Å²) in [5, 5.41) is 6.07. The Morgan fingerprint density at radius 1 is 1.10 bits per heavy atom. The summed E-state index contributed by atoms with van der Waals surface area (Å²) < 4.78 is 0. The molecular weight excluding hydrogens is 248 g/mol. The van der Waals surface area contributed by atoms with E-state index in [0.29, 0.717) is 6.54 Å². The molecule has 3 nitrogen and oxygen atoms in total. The predicted octanol–water partition coefficient (Wildman–Crippen LogP) is 3.70. The molecule has 2 N–H and O–H groups in total. The van der Waals surface area contributed by atoms with Crippen molar-refractivity contribution in [1.29, 1.82) is 0 Å². The van der Waals surface area contributed by atoms with Gasteiger partial charge in [0.25, 0.3) is 0 Å². The normalized spacial score (nSPS) is 11.4. The fourth-order valence-electron chi connectivity index (χ4n) is 1.96. The van der Waals surface area contributed by atoms with Crippen molar-refractivity contribution >= 4 is 11.6 Å². The maximum absolute atomic E-state index is 11.8. The Labute approximate surface area is 123 Å². The maximum atomic E-state index is 11.8. The van der Waals surface area contributed by atoms with Crippen molar-refractivity contribution in [3.63, 3.8) is 0 Å². The van der Waals surface area contributed by atoms with Gasteiger partial charge in [-0.15, -0.1) is 0 Å². The van der Waals surface area contributed by atoms with Gasteiger partial charge in [0.15, 0.2) is 0 Å². The molecule has 0 atom stereocenters. The van der Waals surface area contributed by atoms with E-state index >= 15 is 0 Å². The molecule has 0 saturated carbocycles. The molecular formula is C17H28N2O. The number of amides is 1. The van der Waals surface area contributed by atoms with E-state index in [4.69, 9.17) is 0 Å². The lowest BCUT2D eigenvalue weighted by atomic mass is 9.87. The average Bonchev–Trinajstić information content (AvgIpc) is 2.38. The van der Waals surface area contributed by atoms with Crippen LogP contribution in [0.4, 0.5) is 5.69 Å². The second kappa shape index (κ2) is 8.05. The van der Waals surface area contributed by atoms with Crippen LogP contribution in [0.15, 0.2) is 24.3 Å². The van der Waals surface area contributed by atoms with Gasteiger partial charge >= 0.3 is 0 Å². The van der Waals surface area contributed by atoms with Gasteiger partial charge in [-0.05, 0) is 36.1 Å². The van der Waals surface area contributed by atoms with Gasteiger partial charge in [-0.25, -0.2) is 0 Å². The second-order valence-corrected chi connectivity index (χ2v) is 6.26. The van der Waals surface area contributed by atoms with Crippen LogP contribution in [0, 0.1) is 0 Å². The number of nitrogens with one attached hydrogen (secondary N) is 2. The zero-order valence-corrected chi connectivity index (χ0v) is 13.3. The summed E-state index contributed by atoms with van der Waals surface area (Å²) in [5.74, 6) is 0.0185. The Morgan fingerprint density at radius 3 is 2.30 bits per heavy atom. The standard InChI is InChI=1S/C17H28N2O/c1-5-6-7-12-18-13-16(20)19-15-10-8-14(9-11-15)17(2,3)4/h8-11,18H,5-7,12-13H2,1-4H3,(H,19,20). The van der Waals surface area contributed by atoms with E-state index in [1.807, 2.05) is 12.1 Å². The number of benzene rings is 1. The lowest BCUT2D eigenvalue weighted by Crippen LogP contribution is -2.28. The van der Waals surface area contributed by atoms with Crippen molar-refractivity contribution in [3.8, 4) is 0 Å². The van der Waals surface area contributed by atoms with E-state index in [9.17, 15) is 4.79 Å². The smallest absolute Gasteiger partial charge is 0.238 e. The Morgan fingerprint density at radius 2 is 1.75 bits per heavy atom. The van der Waals surface area contributed by atoms with E-state index in [2.05, 4.69) is 50.5 Å². The van der Waals surface area contributed by atoms with E-state index < -0.39 is 0 Å². The number of anilines is 1. The molecule has 0 aliphatic rings. The first-order valence-electron chi connectivity index (χ1n) is 7.54. The van der Waals surface area contributed by atoms with Gasteiger partial charge in [0.2, 0.25) is 5.91 Å². The summed E-state index contributed by atoms with van der Waals surface area (Å²) in [6, 6.07) is 8.08. The molecule has 1 amide bonds. The average molecular weight is 276 g/mol. The summed E-state index contributed by atoms with van der Waals surface area (Å²) in [5.41, 5.74) is 2.27. The molecule has 20 heavy (non-hydrogen) atoms. The molecule has 3 heteroatoms.